The molecule has 2 atom stereocenters. The van der Waals surface area contributed by atoms with E-state index in [-0.39, 0.29) is 6.04 Å². The van der Waals surface area contributed by atoms with Crippen LogP contribution in [0.5, 0.6) is 0 Å². The lowest BCUT2D eigenvalue weighted by atomic mass is 10.1. The summed E-state index contributed by atoms with van der Waals surface area (Å²) in [4.78, 5) is 12.8. The number of nitrogens with one attached hydrogen (secondary N) is 4. The van der Waals surface area contributed by atoms with Gasteiger partial charge in [0.15, 0.2) is 0 Å². The van der Waals surface area contributed by atoms with Gasteiger partial charge in [-0.15, -0.1) is 0 Å². The highest BCUT2D eigenvalue weighted by molar-refractivity contribution is 6.10. The molecule has 8 heteroatoms. The highest BCUT2D eigenvalue weighted by atomic mass is 15.0. The van der Waals surface area contributed by atoms with Crippen LogP contribution < -0.4 is 27.4 Å². The predicted molar refractivity (Wildman–Crippen MR) is 157 cm³/mol. The fourth-order valence-corrected chi connectivity index (χ4v) is 5.03. The first-order chi connectivity index (χ1) is 18.6. The Bertz CT molecular complexity index is 1350. The lowest BCUT2D eigenvalue weighted by Crippen LogP contribution is -2.30. The van der Waals surface area contributed by atoms with E-state index in [1.165, 1.54) is 6.42 Å². The lowest BCUT2D eigenvalue weighted by molar-refractivity contribution is 0.613. The summed E-state index contributed by atoms with van der Waals surface area (Å²) < 4.78 is 0. The van der Waals surface area contributed by atoms with Crippen LogP contribution in [0.4, 0.5) is 11.4 Å². The number of anilines is 1. The molecule has 0 bridgehead atoms. The molecule has 8 N–H and O–H groups in total. The quantitative estimate of drug-likeness (QED) is 0.186. The molecule has 5 rings (SSSR count). The standard InChI is InChI=1S/C30H36N8/c1-3-24(20-8-10-21(11-9-20)29-18-35-30(38-29)27-7-5-15-34-27)37-26-13-12-22(16-23(26)32)28(17-31)36-19(2)25-6-4-14-33-25/h3,8-13,16-18,25,27,33-34,36H,1-2,4-7,14-15,31-32H2,(H,35,38)/b28-17-,37-24?/t25-,27-/m0/s1. The Labute approximate surface area is 224 Å². The number of H-pyrrole nitrogens is 1. The molecule has 1 aromatic heterocycles. The average molecular weight is 509 g/mol. The maximum Gasteiger partial charge on any atom is 0.123 e. The third kappa shape index (κ3) is 5.56. The fraction of sp³-hybridized carbons (Fsp3) is 0.267. The molecule has 0 radical (unpaired) electrons. The molecule has 2 saturated heterocycles. The predicted octanol–water partition coefficient (Wildman–Crippen LogP) is 4.50. The summed E-state index contributed by atoms with van der Waals surface area (Å²) >= 11 is 0. The highest BCUT2D eigenvalue weighted by Crippen LogP contribution is 2.28. The second-order valence-electron chi connectivity index (χ2n) is 9.76. The van der Waals surface area contributed by atoms with Gasteiger partial charge < -0.3 is 32.4 Å². The van der Waals surface area contributed by atoms with Crippen LogP contribution in [-0.4, -0.2) is 34.8 Å². The minimum atomic E-state index is 0.243. The number of nitrogens with zero attached hydrogens (tertiary/aromatic N) is 2. The molecule has 3 aromatic rings. The molecule has 2 aromatic carbocycles. The van der Waals surface area contributed by atoms with Gasteiger partial charge in [-0.1, -0.05) is 43.5 Å². The number of rotatable bonds is 9. The zero-order valence-electron chi connectivity index (χ0n) is 21.6. The Kier molecular flexibility index (Phi) is 7.72. The van der Waals surface area contributed by atoms with Gasteiger partial charge >= 0.3 is 0 Å². The number of aliphatic imine (C=N–C) groups is 1. The summed E-state index contributed by atoms with van der Waals surface area (Å²) in [6.07, 6.45) is 9.68. The first-order valence-electron chi connectivity index (χ1n) is 13.2. The highest BCUT2D eigenvalue weighted by Gasteiger charge is 2.20. The molecule has 8 nitrogen and oxygen atoms in total. The van der Waals surface area contributed by atoms with Gasteiger partial charge in [0.05, 0.1) is 40.7 Å². The smallest absolute Gasteiger partial charge is 0.123 e. The Morgan fingerprint density at radius 2 is 1.82 bits per heavy atom. The van der Waals surface area contributed by atoms with E-state index in [1.54, 1.807) is 12.3 Å². The molecule has 0 saturated carbocycles. The molecule has 196 valence electrons. The fourth-order valence-electron chi connectivity index (χ4n) is 5.03. The van der Waals surface area contributed by atoms with Crippen molar-refractivity contribution in [3.05, 3.63) is 96.7 Å². The second kappa shape index (κ2) is 11.5. The zero-order chi connectivity index (χ0) is 26.5. The van der Waals surface area contributed by atoms with Crippen LogP contribution in [0.2, 0.25) is 0 Å². The van der Waals surface area contributed by atoms with Gasteiger partial charge in [-0.05, 0) is 62.5 Å². The van der Waals surface area contributed by atoms with Gasteiger partial charge in [0.1, 0.15) is 5.82 Å². The van der Waals surface area contributed by atoms with Crippen LogP contribution in [-0.2, 0) is 0 Å². The van der Waals surface area contributed by atoms with E-state index >= 15 is 0 Å². The molecular formula is C30H36N8. The van der Waals surface area contributed by atoms with Crippen molar-refractivity contribution in [2.45, 2.75) is 37.8 Å². The Balaban J connectivity index is 1.31. The van der Waals surface area contributed by atoms with Crippen LogP contribution in [0.1, 0.15) is 48.7 Å². The maximum atomic E-state index is 6.41. The number of imidazole rings is 1. The van der Waals surface area contributed by atoms with Crippen LogP contribution in [0, 0.1) is 0 Å². The minimum Gasteiger partial charge on any atom is -0.403 e. The van der Waals surface area contributed by atoms with Crippen LogP contribution >= 0.6 is 0 Å². The van der Waals surface area contributed by atoms with Gasteiger partial charge in [0.2, 0.25) is 0 Å². The first kappa shape index (κ1) is 25.5. The zero-order valence-corrected chi connectivity index (χ0v) is 21.6. The monoisotopic (exact) mass is 508 g/mol. The number of nitrogens with two attached hydrogens (primary N) is 2. The molecule has 0 unspecified atom stereocenters. The van der Waals surface area contributed by atoms with Crippen molar-refractivity contribution in [3.63, 3.8) is 0 Å². The summed E-state index contributed by atoms with van der Waals surface area (Å²) in [6.45, 7) is 10.2. The van der Waals surface area contributed by atoms with E-state index < -0.39 is 0 Å². The van der Waals surface area contributed by atoms with Crippen LogP contribution in [0.25, 0.3) is 17.0 Å². The van der Waals surface area contributed by atoms with Crippen molar-refractivity contribution in [2.24, 2.45) is 10.7 Å². The number of allylic oxidation sites excluding steroid dienone is 1. The molecule has 2 aliphatic heterocycles. The first-order valence-corrected chi connectivity index (χ1v) is 13.2. The summed E-state index contributed by atoms with van der Waals surface area (Å²) in [5.41, 5.74) is 19.9. The molecular weight excluding hydrogens is 472 g/mol. The van der Waals surface area contributed by atoms with Crippen molar-refractivity contribution >= 4 is 22.8 Å². The molecule has 0 aliphatic carbocycles. The van der Waals surface area contributed by atoms with Crippen molar-refractivity contribution < 1.29 is 0 Å². The molecule has 0 amide bonds. The largest absolute Gasteiger partial charge is 0.403 e. The molecule has 0 spiro atoms. The van der Waals surface area contributed by atoms with Crippen molar-refractivity contribution in [1.29, 1.82) is 0 Å². The Morgan fingerprint density at radius 1 is 1.05 bits per heavy atom. The van der Waals surface area contributed by atoms with E-state index in [1.807, 2.05) is 36.5 Å². The molecule has 2 fully saturated rings. The van der Waals surface area contributed by atoms with E-state index in [9.17, 15) is 0 Å². The molecule has 3 heterocycles. The van der Waals surface area contributed by atoms with E-state index in [0.717, 1.165) is 77.7 Å². The number of aromatic amines is 1. The van der Waals surface area contributed by atoms with Gasteiger partial charge in [-0.25, -0.2) is 9.98 Å². The van der Waals surface area contributed by atoms with Gasteiger partial charge in [0, 0.05) is 29.1 Å². The van der Waals surface area contributed by atoms with Crippen LogP contribution in [0.3, 0.4) is 0 Å². The maximum absolute atomic E-state index is 6.41. The number of hydrogen-bond acceptors (Lipinski definition) is 7. The topological polar surface area (TPSA) is 129 Å². The Morgan fingerprint density at radius 3 is 2.47 bits per heavy atom. The van der Waals surface area contributed by atoms with Gasteiger partial charge in [-0.2, -0.15) is 0 Å². The molecule has 2 aliphatic rings. The Hall–Kier alpha value is -4.14. The van der Waals surface area contributed by atoms with Crippen molar-refractivity contribution in [2.75, 3.05) is 18.8 Å². The van der Waals surface area contributed by atoms with Crippen LogP contribution in [0.15, 0.2) is 84.8 Å². The van der Waals surface area contributed by atoms with Gasteiger partial charge in [0.25, 0.3) is 0 Å². The summed E-state index contributed by atoms with van der Waals surface area (Å²) in [6, 6.07) is 14.5. The lowest BCUT2D eigenvalue weighted by Gasteiger charge is -2.19. The van der Waals surface area contributed by atoms with E-state index in [4.69, 9.17) is 16.5 Å². The average Bonchev–Trinajstić information content (AvgIpc) is 3.74. The third-order valence-electron chi connectivity index (χ3n) is 7.19. The SMILES string of the molecule is C=CC(=Nc1ccc(/C(=C/N)NC(=C)[C@@H]2CCCN2)cc1N)c1ccc(-c2cnc([C@@H]3CCCN3)[nH]2)cc1. The third-order valence-corrected chi connectivity index (χ3v) is 7.19. The number of nitrogen functional groups attached to an aromatic ring is 1. The van der Waals surface area contributed by atoms with E-state index in [0.29, 0.717) is 17.4 Å². The normalized spacial score (nSPS) is 20.0. The summed E-state index contributed by atoms with van der Waals surface area (Å²) in [5.74, 6) is 0.996. The second-order valence-corrected chi connectivity index (χ2v) is 9.76. The summed E-state index contributed by atoms with van der Waals surface area (Å²) in [7, 11) is 0. The number of benzene rings is 2. The number of aromatic nitrogens is 2. The van der Waals surface area contributed by atoms with Gasteiger partial charge in [-0.3, -0.25) is 0 Å². The van der Waals surface area contributed by atoms with Crippen molar-refractivity contribution in [3.8, 4) is 11.3 Å². The molecule has 38 heavy (non-hydrogen) atoms. The minimum absolute atomic E-state index is 0.243. The van der Waals surface area contributed by atoms with Crippen molar-refractivity contribution in [1.82, 2.24) is 25.9 Å². The van der Waals surface area contributed by atoms with E-state index in [2.05, 4.69) is 51.2 Å². The number of hydrogen-bond donors (Lipinski definition) is 6. The summed E-state index contributed by atoms with van der Waals surface area (Å²) in [5, 5.41) is 10.3.